The van der Waals surface area contributed by atoms with Crippen molar-refractivity contribution in [2.45, 2.75) is 20.3 Å². The Morgan fingerprint density at radius 2 is 1.88 bits per heavy atom. The minimum absolute atomic E-state index is 0.468. The highest BCUT2D eigenvalue weighted by Gasteiger charge is 2.27. The van der Waals surface area contributed by atoms with Gasteiger partial charge in [0.05, 0.1) is 6.61 Å². The van der Waals surface area contributed by atoms with Crippen LogP contribution in [0.15, 0.2) is 0 Å². The monoisotopic (exact) mass is 124 g/mol. The van der Waals surface area contributed by atoms with Crippen molar-refractivity contribution in [3.8, 4) is 0 Å². The molecule has 1 N–H and O–H groups in total. The van der Waals surface area contributed by atoms with Gasteiger partial charge in [-0.1, -0.05) is 13.8 Å². The van der Waals surface area contributed by atoms with E-state index in [0.717, 1.165) is 0 Å². The summed E-state index contributed by atoms with van der Waals surface area (Å²) < 4.78 is 23.3. The van der Waals surface area contributed by atoms with Crippen LogP contribution in [-0.4, -0.2) is 18.1 Å². The summed E-state index contributed by atoms with van der Waals surface area (Å²) in [5.41, 5.74) is -1.24. The fourth-order valence-electron chi connectivity index (χ4n) is 0.0690. The van der Waals surface area contributed by atoms with Crippen LogP contribution in [0.5, 0.6) is 0 Å². The third-order valence-electron chi connectivity index (χ3n) is 0.998. The molecule has 8 heavy (non-hydrogen) atoms. The number of alkyl halides is 2. The minimum atomic E-state index is -2.44. The van der Waals surface area contributed by atoms with E-state index in [1.807, 2.05) is 0 Å². The van der Waals surface area contributed by atoms with E-state index in [1.54, 1.807) is 0 Å². The minimum Gasteiger partial charge on any atom is -0.396 e. The largest absolute Gasteiger partial charge is 0.396 e. The zero-order valence-corrected chi connectivity index (χ0v) is 4.99. The van der Waals surface area contributed by atoms with E-state index in [2.05, 4.69) is 0 Å². The lowest BCUT2D eigenvalue weighted by molar-refractivity contribution is -0.0172. The van der Waals surface area contributed by atoms with Crippen molar-refractivity contribution in [1.82, 2.24) is 0 Å². The van der Waals surface area contributed by atoms with Crippen LogP contribution in [0.2, 0.25) is 0 Å². The number of hydrogen-bond acceptors (Lipinski definition) is 1. The SMILES string of the molecule is CC(C)(CO)C(F)F. The topological polar surface area (TPSA) is 20.2 Å². The highest BCUT2D eigenvalue weighted by Crippen LogP contribution is 2.22. The molecule has 0 aliphatic heterocycles. The normalized spacial score (nSPS) is 12.8. The van der Waals surface area contributed by atoms with Crippen LogP contribution in [0.3, 0.4) is 0 Å². The molecule has 0 atom stereocenters. The highest BCUT2D eigenvalue weighted by atomic mass is 19.3. The van der Waals surface area contributed by atoms with Crippen LogP contribution in [-0.2, 0) is 0 Å². The fraction of sp³-hybridized carbons (Fsp3) is 1.00. The quantitative estimate of drug-likeness (QED) is 0.587. The molecule has 1 nitrogen and oxygen atoms in total. The van der Waals surface area contributed by atoms with Gasteiger partial charge in [0.2, 0.25) is 6.43 Å². The molecule has 0 bridgehead atoms. The molecule has 0 aromatic carbocycles. The van der Waals surface area contributed by atoms with Gasteiger partial charge in [0.25, 0.3) is 0 Å². The van der Waals surface area contributed by atoms with Gasteiger partial charge in [-0.25, -0.2) is 8.78 Å². The van der Waals surface area contributed by atoms with Gasteiger partial charge in [-0.2, -0.15) is 0 Å². The van der Waals surface area contributed by atoms with Crippen LogP contribution < -0.4 is 0 Å². The Bertz CT molecular complexity index is 70.8. The third kappa shape index (κ3) is 1.74. The van der Waals surface area contributed by atoms with Crippen molar-refractivity contribution in [1.29, 1.82) is 0 Å². The summed E-state index contributed by atoms with van der Waals surface area (Å²) in [6.45, 7) is 2.17. The number of rotatable bonds is 2. The summed E-state index contributed by atoms with van der Waals surface area (Å²) in [7, 11) is 0. The van der Waals surface area contributed by atoms with Crippen molar-refractivity contribution in [2.75, 3.05) is 6.61 Å². The van der Waals surface area contributed by atoms with Gasteiger partial charge < -0.3 is 5.11 Å². The van der Waals surface area contributed by atoms with E-state index in [0.29, 0.717) is 0 Å². The van der Waals surface area contributed by atoms with Gasteiger partial charge in [-0.15, -0.1) is 0 Å². The second kappa shape index (κ2) is 2.40. The lowest BCUT2D eigenvalue weighted by atomic mass is 9.96. The molecular formula is C5H10F2O. The second-order valence-corrected chi connectivity index (χ2v) is 2.45. The lowest BCUT2D eigenvalue weighted by Gasteiger charge is -2.19. The number of aliphatic hydroxyl groups is 1. The first-order valence-electron chi connectivity index (χ1n) is 2.39. The van der Waals surface area contributed by atoms with Gasteiger partial charge in [-0.05, 0) is 0 Å². The maximum Gasteiger partial charge on any atom is 0.245 e. The molecule has 0 saturated carbocycles. The molecular weight excluding hydrogens is 114 g/mol. The molecule has 0 spiro atoms. The van der Waals surface area contributed by atoms with E-state index in [4.69, 9.17) is 5.11 Å². The van der Waals surface area contributed by atoms with E-state index in [-0.39, 0.29) is 0 Å². The standard InChI is InChI=1S/C5H10F2O/c1-5(2,3-8)4(6)7/h4,8H,3H2,1-2H3. The Labute approximate surface area is 47.3 Å². The Balaban J connectivity index is 3.71. The molecule has 0 radical (unpaired) electrons. The van der Waals surface area contributed by atoms with E-state index in [9.17, 15) is 8.78 Å². The lowest BCUT2D eigenvalue weighted by Crippen LogP contribution is -2.25. The summed E-state index contributed by atoms with van der Waals surface area (Å²) in [6, 6.07) is 0. The van der Waals surface area contributed by atoms with Crippen LogP contribution in [0.1, 0.15) is 13.8 Å². The van der Waals surface area contributed by atoms with Crippen LogP contribution in [0, 0.1) is 5.41 Å². The summed E-state index contributed by atoms with van der Waals surface area (Å²) in [5.74, 6) is 0. The van der Waals surface area contributed by atoms with Crippen molar-refractivity contribution >= 4 is 0 Å². The second-order valence-electron chi connectivity index (χ2n) is 2.45. The van der Waals surface area contributed by atoms with Crippen molar-refractivity contribution < 1.29 is 13.9 Å². The molecule has 0 amide bonds. The van der Waals surface area contributed by atoms with Gasteiger partial charge in [0.15, 0.2) is 0 Å². The molecule has 50 valence electrons. The Hall–Kier alpha value is -0.180. The molecule has 0 aliphatic carbocycles. The van der Waals surface area contributed by atoms with Crippen molar-refractivity contribution in [3.63, 3.8) is 0 Å². The molecule has 0 aliphatic rings. The molecule has 3 heteroatoms. The maximum absolute atomic E-state index is 11.7. The molecule has 0 aromatic heterocycles. The fourth-order valence-corrected chi connectivity index (χ4v) is 0.0690. The number of hydrogen-bond donors (Lipinski definition) is 1. The Morgan fingerprint density at radius 1 is 1.50 bits per heavy atom. The third-order valence-corrected chi connectivity index (χ3v) is 0.998. The Morgan fingerprint density at radius 3 is 1.88 bits per heavy atom. The first-order valence-corrected chi connectivity index (χ1v) is 2.39. The average Bonchev–Trinajstić information content (AvgIpc) is 1.67. The summed E-state index contributed by atoms with van der Waals surface area (Å²) >= 11 is 0. The molecule has 0 aromatic rings. The van der Waals surface area contributed by atoms with Gasteiger partial charge >= 0.3 is 0 Å². The van der Waals surface area contributed by atoms with Crippen LogP contribution in [0.4, 0.5) is 8.78 Å². The average molecular weight is 124 g/mol. The van der Waals surface area contributed by atoms with Crippen molar-refractivity contribution in [2.24, 2.45) is 5.41 Å². The van der Waals surface area contributed by atoms with Gasteiger partial charge in [0, 0.05) is 5.41 Å². The molecule has 0 fully saturated rings. The molecule has 0 rings (SSSR count). The van der Waals surface area contributed by atoms with Crippen LogP contribution >= 0.6 is 0 Å². The van der Waals surface area contributed by atoms with Gasteiger partial charge in [0.1, 0.15) is 0 Å². The smallest absolute Gasteiger partial charge is 0.245 e. The Kier molecular flexibility index (Phi) is 2.34. The predicted octanol–water partition coefficient (Wildman–Crippen LogP) is 1.27. The van der Waals surface area contributed by atoms with E-state index < -0.39 is 18.4 Å². The molecule has 0 saturated heterocycles. The predicted molar refractivity (Wildman–Crippen MR) is 26.9 cm³/mol. The van der Waals surface area contributed by atoms with Crippen LogP contribution in [0.25, 0.3) is 0 Å². The zero-order chi connectivity index (χ0) is 6.78. The zero-order valence-electron chi connectivity index (χ0n) is 4.99. The number of aliphatic hydroxyl groups excluding tert-OH is 1. The molecule has 0 unspecified atom stereocenters. The first-order chi connectivity index (χ1) is 3.50. The van der Waals surface area contributed by atoms with E-state index >= 15 is 0 Å². The van der Waals surface area contributed by atoms with Gasteiger partial charge in [-0.3, -0.25) is 0 Å². The molecule has 0 heterocycles. The maximum atomic E-state index is 11.7. The highest BCUT2D eigenvalue weighted by molar-refractivity contribution is 4.68. The summed E-state index contributed by atoms with van der Waals surface area (Å²) in [6.07, 6.45) is -2.44. The first kappa shape index (κ1) is 7.82. The summed E-state index contributed by atoms with van der Waals surface area (Å²) in [4.78, 5) is 0. The number of halogens is 2. The van der Waals surface area contributed by atoms with Crippen molar-refractivity contribution in [3.05, 3.63) is 0 Å². The summed E-state index contributed by atoms with van der Waals surface area (Å²) in [5, 5.41) is 8.28. The van der Waals surface area contributed by atoms with E-state index in [1.165, 1.54) is 13.8 Å².